The molecule has 0 saturated carbocycles. The van der Waals surface area contributed by atoms with Crippen LogP contribution in [0.1, 0.15) is 31.7 Å². The van der Waals surface area contributed by atoms with Gasteiger partial charge in [0.2, 0.25) is 0 Å². The number of nitrogens with two attached hydrogens (primary N) is 1. The molecule has 1 aromatic rings. The quantitative estimate of drug-likeness (QED) is 0.379. The fraction of sp³-hybridized carbons (Fsp3) is 0.533. The van der Waals surface area contributed by atoms with Gasteiger partial charge in [-0.3, -0.25) is 4.79 Å². The molecule has 2 unspecified atom stereocenters. The predicted octanol–water partition coefficient (Wildman–Crippen LogP) is 1.02. The third kappa shape index (κ3) is 5.77. The summed E-state index contributed by atoms with van der Waals surface area (Å²) < 4.78 is 5.63. The summed E-state index contributed by atoms with van der Waals surface area (Å²) in [7, 11) is -1.37. The SMILES string of the molecule is CC(OCc1ccccc1)C(N)(CCCCB(O)O)C(=O)O. The van der Waals surface area contributed by atoms with E-state index in [1.54, 1.807) is 6.92 Å². The molecule has 0 aliphatic rings. The molecule has 0 heterocycles. The summed E-state index contributed by atoms with van der Waals surface area (Å²) >= 11 is 0. The Bertz CT molecular complexity index is 457. The minimum atomic E-state index is -1.49. The maximum Gasteiger partial charge on any atom is 0.451 e. The van der Waals surface area contributed by atoms with E-state index in [1.165, 1.54) is 0 Å². The molecule has 0 bridgehead atoms. The topological polar surface area (TPSA) is 113 Å². The highest BCUT2D eigenvalue weighted by Crippen LogP contribution is 2.21. The Morgan fingerprint density at radius 2 is 1.95 bits per heavy atom. The molecule has 0 spiro atoms. The first-order chi connectivity index (χ1) is 10.4. The van der Waals surface area contributed by atoms with E-state index in [2.05, 4.69) is 0 Å². The molecular formula is C15H24BNO5. The number of benzene rings is 1. The maximum atomic E-state index is 11.5. The highest BCUT2D eigenvalue weighted by Gasteiger charge is 2.40. The van der Waals surface area contributed by atoms with Crippen molar-refractivity contribution in [2.24, 2.45) is 5.73 Å². The Labute approximate surface area is 131 Å². The van der Waals surface area contributed by atoms with Crippen LogP contribution >= 0.6 is 0 Å². The first kappa shape index (κ1) is 18.6. The van der Waals surface area contributed by atoms with Gasteiger partial charge in [0.1, 0.15) is 5.54 Å². The van der Waals surface area contributed by atoms with E-state index in [-0.39, 0.29) is 12.7 Å². The Kier molecular flexibility index (Phi) is 7.54. The largest absolute Gasteiger partial charge is 0.480 e. The Morgan fingerprint density at radius 3 is 2.50 bits per heavy atom. The molecule has 6 nitrogen and oxygen atoms in total. The second kappa shape index (κ2) is 8.90. The lowest BCUT2D eigenvalue weighted by atomic mass is 9.81. The molecule has 0 fully saturated rings. The van der Waals surface area contributed by atoms with Gasteiger partial charge in [0, 0.05) is 0 Å². The number of rotatable bonds is 10. The molecule has 7 heteroatoms. The average molecular weight is 309 g/mol. The highest BCUT2D eigenvalue weighted by molar-refractivity contribution is 6.40. The summed E-state index contributed by atoms with van der Waals surface area (Å²) in [6.45, 7) is 1.95. The van der Waals surface area contributed by atoms with Crippen molar-refractivity contribution in [3.8, 4) is 0 Å². The Balaban J connectivity index is 2.54. The van der Waals surface area contributed by atoms with Crippen LogP contribution < -0.4 is 5.73 Å². The van der Waals surface area contributed by atoms with Crippen molar-refractivity contribution in [1.82, 2.24) is 0 Å². The Hall–Kier alpha value is -1.41. The molecule has 0 aliphatic heterocycles. The van der Waals surface area contributed by atoms with Crippen molar-refractivity contribution >= 4 is 13.1 Å². The number of aliphatic carboxylic acids is 1. The van der Waals surface area contributed by atoms with Crippen molar-refractivity contribution in [1.29, 1.82) is 0 Å². The standard InChI is InChI=1S/C15H24BNO5/c1-12(22-11-13-7-3-2-4-8-13)15(17,14(18)19)9-5-6-10-16(20)21/h2-4,7-8,12,20-21H,5-6,9-11,17H2,1H3,(H,18,19). The number of carbonyl (C=O) groups is 1. The van der Waals surface area contributed by atoms with E-state index in [9.17, 15) is 9.90 Å². The van der Waals surface area contributed by atoms with E-state index in [4.69, 9.17) is 20.5 Å². The first-order valence-corrected chi connectivity index (χ1v) is 7.40. The summed E-state index contributed by atoms with van der Waals surface area (Å²) in [5, 5.41) is 27.0. The molecule has 0 aliphatic carbocycles. The highest BCUT2D eigenvalue weighted by atomic mass is 16.5. The van der Waals surface area contributed by atoms with Gasteiger partial charge >= 0.3 is 13.1 Å². The molecule has 5 N–H and O–H groups in total. The third-order valence-electron chi connectivity index (χ3n) is 3.77. The molecule has 0 saturated heterocycles. The lowest BCUT2D eigenvalue weighted by Crippen LogP contribution is -2.57. The van der Waals surface area contributed by atoms with Crippen LogP contribution in [0, 0.1) is 0 Å². The van der Waals surface area contributed by atoms with Gasteiger partial charge in [-0.2, -0.15) is 0 Å². The monoisotopic (exact) mass is 309 g/mol. The van der Waals surface area contributed by atoms with Gasteiger partial charge in [0.15, 0.2) is 0 Å². The van der Waals surface area contributed by atoms with Crippen LogP contribution in [0.25, 0.3) is 0 Å². The molecule has 1 aromatic carbocycles. The number of unbranched alkanes of at least 4 members (excludes halogenated alkanes) is 1. The van der Waals surface area contributed by atoms with Crippen LogP contribution in [0.5, 0.6) is 0 Å². The van der Waals surface area contributed by atoms with Crippen LogP contribution in [0.15, 0.2) is 30.3 Å². The lowest BCUT2D eigenvalue weighted by Gasteiger charge is -2.31. The average Bonchev–Trinajstić information content (AvgIpc) is 2.49. The molecule has 0 aromatic heterocycles. The molecular weight excluding hydrogens is 285 g/mol. The summed E-state index contributed by atoms with van der Waals surface area (Å²) in [6, 6.07) is 9.46. The van der Waals surface area contributed by atoms with Gasteiger partial charge in [-0.1, -0.05) is 43.2 Å². The smallest absolute Gasteiger partial charge is 0.451 e. The van der Waals surface area contributed by atoms with Gasteiger partial charge in [0.05, 0.1) is 12.7 Å². The van der Waals surface area contributed by atoms with Crippen molar-refractivity contribution in [3.05, 3.63) is 35.9 Å². The second-order valence-electron chi connectivity index (χ2n) is 5.51. The van der Waals surface area contributed by atoms with Gasteiger partial charge in [-0.15, -0.1) is 0 Å². The third-order valence-corrected chi connectivity index (χ3v) is 3.77. The number of carboxylic acid groups (broad SMARTS) is 1. The van der Waals surface area contributed by atoms with Gasteiger partial charge in [0.25, 0.3) is 0 Å². The van der Waals surface area contributed by atoms with Crippen molar-refractivity contribution in [2.75, 3.05) is 0 Å². The number of hydrogen-bond acceptors (Lipinski definition) is 5. The fourth-order valence-corrected chi connectivity index (χ4v) is 2.17. The second-order valence-corrected chi connectivity index (χ2v) is 5.51. The van der Waals surface area contributed by atoms with Gasteiger partial charge in [-0.05, 0) is 25.2 Å². The molecule has 1 rings (SSSR count). The predicted molar refractivity (Wildman–Crippen MR) is 84.1 cm³/mol. The molecule has 0 amide bonds. The number of carboxylic acids is 1. The fourth-order valence-electron chi connectivity index (χ4n) is 2.17. The van der Waals surface area contributed by atoms with Crippen molar-refractivity contribution in [3.63, 3.8) is 0 Å². The van der Waals surface area contributed by atoms with E-state index >= 15 is 0 Å². The molecule has 0 radical (unpaired) electrons. The van der Waals surface area contributed by atoms with Crippen LogP contribution in [-0.4, -0.2) is 39.9 Å². The Morgan fingerprint density at radius 1 is 1.32 bits per heavy atom. The minimum absolute atomic E-state index is 0.203. The van der Waals surface area contributed by atoms with E-state index < -0.39 is 24.7 Å². The zero-order valence-electron chi connectivity index (χ0n) is 12.8. The zero-order chi connectivity index (χ0) is 16.6. The van der Waals surface area contributed by atoms with Crippen LogP contribution in [0.2, 0.25) is 6.32 Å². The summed E-state index contributed by atoms with van der Waals surface area (Å²) in [5.41, 5.74) is 5.47. The van der Waals surface area contributed by atoms with E-state index in [0.717, 1.165) is 5.56 Å². The van der Waals surface area contributed by atoms with Crippen molar-refractivity contribution in [2.45, 2.75) is 50.8 Å². The zero-order valence-corrected chi connectivity index (χ0v) is 12.8. The molecule has 22 heavy (non-hydrogen) atoms. The molecule has 2 atom stereocenters. The lowest BCUT2D eigenvalue weighted by molar-refractivity contribution is -0.150. The molecule has 122 valence electrons. The minimum Gasteiger partial charge on any atom is -0.480 e. The maximum absolute atomic E-state index is 11.5. The van der Waals surface area contributed by atoms with Crippen LogP contribution in [0.3, 0.4) is 0 Å². The van der Waals surface area contributed by atoms with E-state index in [0.29, 0.717) is 19.4 Å². The van der Waals surface area contributed by atoms with Gasteiger partial charge < -0.3 is 25.6 Å². The normalized spacial score (nSPS) is 15.1. The van der Waals surface area contributed by atoms with E-state index in [1.807, 2.05) is 30.3 Å². The van der Waals surface area contributed by atoms with Crippen molar-refractivity contribution < 1.29 is 24.7 Å². The van der Waals surface area contributed by atoms with Gasteiger partial charge in [-0.25, -0.2) is 0 Å². The number of hydrogen-bond donors (Lipinski definition) is 4. The first-order valence-electron chi connectivity index (χ1n) is 7.40. The summed E-state index contributed by atoms with van der Waals surface area (Å²) in [4.78, 5) is 11.5. The summed E-state index contributed by atoms with van der Waals surface area (Å²) in [5.74, 6) is -1.11. The van der Waals surface area contributed by atoms with Crippen LogP contribution in [0.4, 0.5) is 0 Å². The number of ether oxygens (including phenoxy) is 1. The van der Waals surface area contributed by atoms with Crippen LogP contribution in [-0.2, 0) is 16.1 Å². The summed E-state index contributed by atoms with van der Waals surface area (Å²) in [6.07, 6.45) is 0.735.